The third-order valence-electron chi connectivity index (χ3n) is 6.16. The maximum Gasteiger partial charge on any atom is 0.331 e. The number of allylic oxidation sites excluding steroid dienone is 1. The number of hydrogen-bond donors (Lipinski definition) is 1. The molecule has 4 atom stereocenters. The van der Waals surface area contributed by atoms with E-state index in [0.29, 0.717) is 17.3 Å². The predicted molar refractivity (Wildman–Crippen MR) is 66.5 cm³/mol. The first-order valence-electron chi connectivity index (χ1n) is 6.83. The Kier molecular flexibility index (Phi) is 2.10. The Balaban J connectivity index is 2.07. The molecule has 2 heteroatoms. The summed E-state index contributed by atoms with van der Waals surface area (Å²) in [5, 5.41) is 9.43. The second-order valence-corrected chi connectivity index (χ2v) is 7.02. The molecule has 0 aromatic rings. The minimum atomic E-state index is -0.668. The maximum atomic E-state index is 11.5. The predicted octanol–water partition coefficient (Wildman–Crippen LogP) is 3.48. The minimum absolute atomic E-state index is 0.0203. The van der Waals surface area contributed by atoms with Crippen LogP contribution >= 0.6 is 0 Å². The Morgan fingerprint density at radius 3 is 2.82 bits per heavy atom. The van der Waals surface area contributed by atoms with Gasteiger partial charge >= 0.3 is 5.97 Å². The molecule has 0 aromatic carbocycles. The van der Waals surface area contributed by atoms with Crippen LogP contribution in [0.15, 0.2) is 11.6 Å². The zero-order valence-corrected chi connectivity index (χ0v) is 11.0. The monoisotopic (exact) mass is 234 g/mol. The largest absolute Gasteiger partial charge is 0.478 e. The van der Waals surface area contributed by atoms with Crippen LogP contribution in [-0.2, 0) is 4.79 Å². The Morgan fingerprint density at radius 2 is 2.18 bits per heavy atom. The van der Waals surface area contributed by atoms with Gasteiger partial charge in [0.1, 0.15) is 0 Å². The van der Waals surface area contributed by atoms with Crippen molar-refractivity contribution >= 4 is 5.97 Å². The first kappa shape index (κ1) is 11.3. The van der Waals surface area contributed by atoms with Gasteiger partial charge in [-0.25, -0.2) is 4.79 Å². The molecular weight excluding hydrogens is 212 g/mol. The number of carboxylic acid groups (broad SMARTS) is 1. The number of aliphatic carboxylic acids is 1. The van der Waals surface area contributed by atoms with Crippen LogP contribution < -0.4 is 0 Å². The van der Waals surface area contributed by atoms with E-state index in [-0.39, 0.29) is 5.41 Å². The van der Waals surface area contributed by atoms with Crippen molar-refractivity contribution in [1.29, 1.82) is 0 Å². The van der Waals surface area contributed by atoms with Gasteiger partial charge in [0.2, 0.25) is 0 Å². The molecule has 1 N–H and O–H groups in total. The van der Waals surface area contributed by atoms with Gasteiger partial charge in [-0.15, -0.1) is 0 Å². The summed E-state index contributed by atoms with van der Waals surface area (Å²) in [6, 6.07) is 0. The van der Waals surface area contributed by atoms with Crippen molar-refractivity contribution in [3.63, 3.8) is 0 Å². The van der Waals surface area contributed by atoms with Crippen LogP contribution in [0.1, 0.15) is 46.5 Å². The summed E-state index contributed by atoms with van der Waals surface area (Å²) in [6.07, 6.45) is 6.41. The van der Waals surface area contributed by atoms with Gasteiger partial charge in [-0.1, -0.05) is 26.8 Å². The van der Waals surface area contributed by atoms with Crippen molar-refractivity contribution in [3.8, 4) is 0 Å². The van der Waals surface area contributed by atoms with E-state index in [2.05, 4.69) is 20.8 Å². The van der Waals surface area contributed by atoms with Gasteiger partial charge < -0.3 is 5.11 Å². The van der Waals surface area contributed by atoms with Gasteiger partial charge in [-0.2, -0.15) is 0 Å². The highest BCUT2D eigenvalue weighted by molar-refractivity contribution is 5.89. The smallest absolute Gasteiger partial charge is 0.331 e. The topological polar surface area (TPSA) is 37.3 Å². The lowest BCUT2D eigenvalue weighted by Crippen LogP contribution is -2.32. The molecule has 3 aliphatic carbocycles. The normalized spacial score (nSPS) is 46.5. The number of hydrogen-bond acceptors (Lipinski definition) is 1. The standard InChI is InChI=1S/C15H22O2/c1-9-6-7-15-8-11(9)14(2,3)12(15)5-4-10(15)13(16)17/h4,9,11-12H,5-8H2,1-3H3,(H,16,17). The fourth-order valence-corrected chi connectivity index (χ4v) is 5.37. The Morgan fingerprint density at radius 1 is 1.47 bits per heavy atom. The molecule has 0 saturated heterocycles. The SMILES string of the molecule is CC1CCC23CC1C(C)(C)C2CC=C3C(=O)O. The first-order valence-corrected chi connectivity index (χ1v) is 6.83. The second-order valence-electron chi connectivity index (χ2n) is 7.02. The number of fused-ring (bicyclic) bond motifs is 1. The van der Waals surface area contributed by atoms with Gasteiger partial charge in [0.05, 0.1) is 0 Å². The summed E-state index contributed by atoms with van der Waals surface area (Å²) in [5.41, 5.74) is 1.07. The molecule has 0 amide bonds. The van der Waals surface area contributed by atoms with Crippen LogP contribution in [0, 0.1) is 28.6 Å². The molecule has 0 aromatic heterocycles. The summed E-state index contributed by atoms with van der Waals surface area (Å²) in [6.45, 7) is 7.08. The number of carbonyl (C=O) groups is 1. The lowest BCUT2D eigenvalue weighted by Gasteiger charge is -2.36. The number of rotatable bonds is 1. The second kappa shape index (κ2) is 3.15. The highest BCUT2D eigenvalue weighted by Crippen LogP contribution is 2.70. The van der Waals surface area contributed by atoms with E-state index in [1.807, 2.05) is 6.08 Å². The molecule has 3 aliphatic rings. The van der Waals surface area contributed by atoms with E-state index >= 15 is 0 Å². The molecule has 2 saturated carbocycles. The molecule has 2 fully saturated rings. The van der Waals surface area contributed by atoms with Gasteiger partial charge in [0.25, 0.3) is 0 Å². The van der Waals surface area contributed by atoms with E-state index < -0.39 is 5.97 Å². The van der Waals surface area contributed by atoms with E-state index in [0.717, 1.165) is 30.8 Å². The van der Waals surface area contributed by atoms with Crippen LogP contribution in [0.2, 0.25) is 0 Å². The van der Waals surface area contributed by atoms with Crippen molar-refractivity contribution in [2.45, 2.75) is 46.5 Å². The van der Waals surface area contributed by atoms with Crippen molar-refractivity contribution in [1.82, 2.24) is 0 Å². The summed E-state index contributed by atoms with van der Waals surface area (Å²) in [4.78, 5) is 11.5. The lowest BCUT2D eigenvalue weighted by molar-refractivity contribution is -0.134. The highest BCUT2D eigenvalue weighted by Gasteiger charge is 2.64. The van der Waals surface area contributed by atoms with Crippen molar-refractivity contribution in [2.24, 2.45) is 28.6 Å². The molecule has 2 bridgehead atoms. The van der Waals surface area contributed by atoms with Crippen LogP contribution in [0.5, 0.6) is 0 Å². The third-order valence-corrected chi connectivity index (χ3v) is 6.16. The highest BCUT2D eigenvalue weighted by atomic mass is 16.4. The summed E-state index contributed by atoms with van der Waals surface area (Å²) >= 11 is 0. The molecule has 3 rings (SSSR count). The molecule has 94 valence electrons. The van der Waals surface area contributed by atoms with Gasteiger partial charge in [0, 0.05) is 11.0 Å². The van der Waals surface area contributed by atoms with Crippen molar-refractivity contribution in [2.75, 3.05) is 0 Å². The Labute approximate surface area is 103 Å². The fourth-order valence-electron chi connectivity index (χ4n) is 5.37. The molecule has 1 spiro atoms. The third kappa shape index (κ3) is 1.19. The van der Waals surface area contributed by atoms with Gasteiger partial charge in [-0.05, 0) is 48.9 Å². The summed E-state index contributed by atoms with van der Waals surface area (Å²) in [7, 11) is 0. The maximum absolute atomic E-state index is 11.5. The van der Waals surface area contributed by atoms with Crippen LogP contribution in [-0.4, -0.2) is 11.1 Å². The van der Waals surface area contributed by atoms with Crippen LogP contribution in [0.25, 0.3) is 0 Å². The molecule has 0 aliphatic heterocycles. The Hall–Kier alpha value is -0.790. The van der Waals surface area contributed by atoms with Crippen LogP contribution in [0.3, 0.4) is 0 Å². The molecule has 17 heavy (non-hydrogen) atoms. The minimum Gasteiger partial charge on any atom is -0.478 e. The lowest BCUT2D eigenvalue weighted by atomic mass is 9.67. The summed E-state index contributed by atoms with van der Waals surface area (Å²) < 4.78 is 0. The molecular formula is C15H22O2. The molecule has 4 unspecified atom stereocenters. The van der Waals surface area contributed by atoms with E-state index in [4.69, 9.17) is 0 Å². The zero-order chi connectivity index (χ0) is 12.4. The van der Waals surface area contributed by atoms with Crippen LogP contribution in [0.4, 0.5) is 0 Å². The average molecular weight is 234 g/mol. The zero-order valence-electron chi connectivity index (χ0n) is 11.0. The van der Waals surface area contributed by atoms with E-state index in [1.54, 1.807) is 0 Å². The molecule has 0 radical (unpaired) electrons. The average Bonchev–Trinajstić information content (AvgIpc) is 2.68. The number of carboxylic acids is 1. The molecule has 2 nitrogen and oxygen atoms in total. The Bertz CT molecular complexity index is 407. The van der Waals surface area contributed by atoms with Crippen molar-refractivity contribution in [3.05, 3.63) is 11.6 Å². The van der Waals surface area contributed by atoms with Crippen molar-refractivity contribution < 1.29 is 9.90 Å². The quantitative estimate of drug-likeness (QED) is 0.754. The summed E-state index contributed by atoms with van der Waals surface area (Å²) in [5.74, 6) is 1.37. The first-order chi connectivity index (χ1) is 7.89. The van der Waals surface area contributed by atoms with Gasteiger partial charge in [-0.3, -0.25) is 0 Å². The van der Waals surface area contributed by atoms with E-state index in [1.165, 1.54) is 6.42 Å². The van der Waals surface area contributed by atoms with Gasteiger partial charge in [0.15, 0.2) is 0 Å². The molecule has 0 heterocycles. The fraction of sp³-hybridized carbons (Fsp3) is 0.800. The van der Waals surface area contributed by atoms with E-state index in [9.17, 15) is 9.90 Å².